The van der Waals surface area contributed by atoms with Crippen molar-refractivity contribution in [2.24, 2.45) is 5.92 Å². The summed E-state index contributed by atoms with van der Waals surface area (Å²) in [6.07, 6.45) is 4.01. The summed E-state index contributed by atoms with van der Waals surface area (Å²) in [4.78, 5) is 47.6. The van der Waals surface area contributed by atoms with Crippen molar-refractivity contribution in [3.63, 3.8) is 0 Å². The minimum Gasteiger partial charge on any atom is -0.463 e. The van der Waals surface area contributed by atoms with E-state index in [4.69, 9.17) is 20.6 Å². The average Bonchev–Trinajstić information content (AvgIpc) is 2.82. The highest BCUT2D eigenvalue weighted by Crippen LogP contribution is 2.35. The number of carbonyl (C=O) groups is 2. The third-order valence-electron chi connectivity index (χ3n) is 3.41. The van der Waals surface area contributed by atoms with E-state index in [-0.39, 0.29) is 6.61 Å². The summed E-state index contributed by atoms with van der Waals surface area (Å²) in [5, 5.41) is 0. The van der Waals surface area contributed by atoms with Gasteiger partial charge in [-0.05, 0) is 0 Å². The first-order valence-electron chi connectivity index (χ1n) is 7.07. The van der Waals surface area contributed by atoms with Gasteiger partial charge in [0.1, 0.15) is 24.7 Å². The van der Waals surface area contributed by atoms with Gasteiger partial charge in [-0.25, -0.2) is 4.79 Å². The Morgan fingerprint density at radius 3 is 2.62 bits per heavy atom. The lowest BCUT2D eigenvalue weighted by molar-refractivity contribution is -0.155. The standard InChI is InChI=1S/C15H16N2O7/c1-4-10-13(23-9(3)19)11(7-22-8(2)18)24-14(10)17-6-5-12(20)16-15(17)21/h1,5-6,10-11,13-14H,7H2,2-3H3,(H,16,20,21)/t10-,11-,13+,14-/m1/s1. The minimum atomic E-state index is -0.982. The van der Waals surface area contributed by atoms with Crippen molar-refractivity contribution in [3.8, 4) is 12.3 Å². The molecule has 9 heteroatoms. The molecule has 1 N–H and O–H groups in total. The van der Waals surface area contributed by atoms with Crippen LogP contribution in [-0.4, -0.2) is 40.3 Å². The van der Waals surface area contributed by atoms with Gasteiger partial charge in [0.05, 0.1) is 0 Å². The van der Waals surface area contributed by atoms with E-state index in [9.17, 15) is 19.2 Å². The third kappa shape index (κ3) is 3.72. The lowest BCUT2D eigenvalue weighted by atomic mass is 10.0. The molecule has 1 aliphatic heterocycles. The molecule has 1 aromatic heterocycles. The van der Waals surface area contributed by atoms with E-state index in [0.717, 1.165) is 10.6 Å². The Kier molecular flexibility index (Phi) is 5.21. The Hall–Kier alpha value is -2.86. The van der Waals surface area contributed by atoms with Crippen LogP contribution in [0.2, 0.25) is 0 Å². The highest BCUT2D eigenvalue weighted by atomic mass is 16.6. The quantitative estimate of drug-likeness (QED) is 0.564. The van der Waals surface area contributed by atoms with Gasteiger partial charge in [0.25, 0.3) is 5.56 Å². The summed E-state index contributed by atoms with van der Waals surface area (Å²) >= 11 is 0. The molecule has 1 saturated heterocycles. The zero-order chi connectivity index (χ0) is 17.9. The topological polar surface area (TPSA) is 117 Å². The Morgan fingerprint density at radius 1 is 1.38 bits per heavy atom. The molecule has 0 bridgehead atoms. The van der Waals surface area contributed by atoms with E-state index in [1.54, 1.807) is 0 Å². The molecule has 0 spiro atoms. The van der Waals surface area contributed by atoms with E-state index in [0.29, 0.717) is 0 Å². The number of terminal acetylenes is 1. The van der Waals surface area contributed by atoms with Gasteiger partial charge in [-0.3, -0.25) is 23.9 Å². The van der Waals surface area contributed by atoms with Crippen LogP contribution in [0.5, 0.6) is 0 Å². The fraction of sp³-hybridized carbons (Fsp3) is 0.467. The molecule has 24 heavy (non-hydrogen) atoms. The molecule has 1 fully saturated rings. The molecule has 2 heterocycles. The van der Waals surface area contributed by atoms with Gasteiger partial charge in [-0.15, -0.1) is 6.42 Å². The van der Waals surface area contributed by atoms with E-state index in [1.165, 1.54) is 20.0 Å². The van der Waals surface area contributed by atoms with Crippen LogP contribution in [0, 0.1) is 18.3 Å². The van der Waals surface area contributed by atoms with Crippen molar-refractivity contribution in [2.45, 2.75) is 32.3 Å². The van der Waals surface area contributed by atoms with Crippen LogP contribution >= 0.6 is 0 Å². The van der Waals surface area contributed by atoms with E-state index >= 15 is 0 Å². The van der Waals surface area contributed by atoms with Gasteiger partial charge in [-0.2, -0.15) is 0 Å². The van der Waals surface area contributed by atoms with Crippen molar-refractivity contribution < 1.29 is 23.8 Å². The molecule has 2 rings (SSSR count). The average molecular weight is 336 g/mol. The van der Waals surface area contributed by atoms with E-state index in [2.05, 4.69) is 10.9 Å². The van der Waals surface area contributed by atoms with E-state index < -0.39 is 47.5 Å². The van der Waals surface area contributed by atoms with Crippen molar-refractivity contribution in [2.75, 3.05) is 6.61 Å². The molecule has 0 saturated carbocycles. The predicted molar refractivity (Wildman–Crippen MR) is 79.7 cm³/mol. The first-order chi connectivity index (χ1) is 11.3. The second-order valence-electron chi connectivity index (χ2n) is 5.15. The van der Waals surface area contributed by atoms with E-state index in [1.807, 2.05) is 0 Å². The summed E-state index contributed by atoms with van der Waals surface area (Å²) in [5.41, 5.74) is -1.29. The van der Waals surface area contributed by atoms with Crippen LogP contribution in [0.25, 0.3) is 0 Å². The Labute approximate surface area is 136 Å². The molecule has 0 amide bonds. The van der Waals surface area contributed by atoms with Gasteiger partial charge in [0.15, 0.2) is 6.23 Å². The number of esters is 2. The zero-order valence-corrected chi connectivity index (χ0v) is 13.1. The number of hydrogen-bond donors (Lipinski definition) is 1. The molecule has 0 radical (unpaired) electrons. The van der Waals surface area contributed by atoms with Gasteiger partial charge < -0.3 is 14.2 Å². The predicted octanol–water partition coefficient (Wildman–Crippen LogP) is -0.822. The summed E-state index contributed by atoms with van der Waals surface area (Å²) in [6, 6.07) is 1.14. The molecular weight excluding hydrogens is 320 g/mol. The highest BCUT2D eigenvalue weighted by molar-refractivity contribution is 5.66. The first kappa shape index (κ1) is 17.5. The normalized spacial score (nSPS) is 25.7. The number of nitrogens with one attached hydrogen (secondary N) is 1. The number of ether oxygens (including phenoxy) is 3. The second kappa shape index (κ2) is 7.14. The monoisotopic (exact) mass is 336 g/mol. The van der Waals surface area contributed by atoms with Crippen molar-refractivity contribution in [1.82, 2.24) is 9.55 Å². The Balaban J connectivity index is 2.36. The summed E-state index contributed by atoms with van der Waals surface area (Å²) in [7, 11) is 0. The van der Waals surface area contributed by atoms with Crippen molar-refractivity contribution >= 4 is 11.9 Å². The maximum absolute atomic E-state index is 12.0. The maximum Gasteiger partial charge on any atom is 0.330 e. The van der Waals surface area contributed by atoms with Crippen LogP contribution in [0.15, 0.2) is 21.9 Å². The van der Waals surface area contributed by atoms with Crippen molar-refractivity contribution in [1.29, 1.82) is 0 Å². The van der Waals surface area contributed by atoms with Gasteiger partial charge in [0.2, 0.25) is 0 Å². The fourth-order valence-electron chi connectivity index (χ4n) is 2.45. The van der Waals surface area contributed by atoms with Crippen LogP contribution in [-0.2, 0) is 23.8 Å². The van der Waals surface area contributed by atoms with Crippen LogP contribution in [0.3, 0.4) is 0 Å². The zero-order valence-electron chi connectivity index (χ0n) is 13.1. The SMILES string of the molecule is C#C[C@@H]1[C@H](OC(C)=O)[C@@H](COC(C)=O)O[C@H]1n1ccc(=O)[nH]c1=O. The molecule has 0 unspecified atom stereocenters. The number of carbonyl (C=O) groups excluding carboxylic acids is 2. The van der Waals surface area contributed by atoms with Gasteiger partial charge in [0, 0.05) is 26.1 Å². The number of aromatic amines is 1. The molecule has 0 aromatic carbocycles. The number of nitrogens with zero attached hydrogens (tertiary/aromatic N) is 1. The van der Waals surface area contributed by atoms with Gasteiger partial charge >= 0.3 is 17.6 Å². The lowest BCUT2D eigenvalue weighted by Crippen LogP contribution is -2.36. The summed E-state index contributed by atoms with van der Waals surface area (Å²) in [6.45, 7) is 2.23. The number of aromatic nitrogens is 2. The molecule has 128 valence electrons. The Bertz CT molecular complexity index is 788. The third-order valence-corrected chi connectivity index (χ3v) is 3.41. The minimum absolute atomic E-state index is 0.194. The highest BCUT2D eigenvalue weighted by Gasteiger charge is 2.47. The summed E-state index contributed by atoms with van der Waals surface area (Å²) < 4.78 is 16.9. The summed E-state index contributed by atoms with van der Waals surface area (Å²) in [5.74, 6) is 0.494. The molecule has 4 atom stereocenters. The van der Waals surface area contributed by atoms with Crippen LogP contribution in [0.1, 0.15) is 20.1 Å². The van der Waals surface area contributed by atoms with Crippen LogP contribution in [0.4, 0.5) is 0 Å². The molecular formula is C15H16N2O7. The number of H-pyrrole nitrogens is 1. The molecule has 1 aromatic rings. The fourth-order valence-corrected chi connectivity index (χ4v) is 2.45. The maximum atomic E-state index is 12.0. The van der Waals surface area contributed by atoms with Gasteiger partial charge in [-0.1, -0.05) is 5.92 Å². The number of hydrogen-bond acceptors (Lipinski definition) is 7. The smallest absolute Gasteiger partial charge is 0.330 e. The van der Waals surface area contributed by atoms with Crippen LogP contribution < -0.4 is 11.2 Å². The van der Waals surface area contributed by atoms with Crippen molar-refractivity contribution in [3.05, 3.63) is 33.1 Å². The lowest BCUT2D eigenvalue weighted by Gasteiger charge is -2.20. The largest absolute Gasteiger partial charge is 0.463 e. The second-order valence-corrected chi connectivity index (χ2v) is 5.15. The first-order valence-corrected chi connectivity index (χ1v) is 7.07. The molecule has 0 aliphatic carbocycles. The number of rotatable bonds is 4. The Morgan fingerprint density at radius 2 is 2.08 bits per heavy atom. The molecule has 1 aliphatic rings. The molecule has 9 nitrogen and oxygen atoms in total.